The Morgan fingerprint density at radius 1 is 1.44 bits per heavy atom. The van der Waals surface area contributed by atoms with Gasteiger partial charge in [-0.2, -0.15) is 5.26 Å². The maximum absolute atomic E-state index is 9.13. The topological polar surface area (TPSA) is 45.0 Å². The molecule has 1 aliphatic rings. The summed E-state index contributed by atoms with van der Waals surface area (Å²) in [7, 11) is 1.77. The van der Waals surface area contributed by atoms with Crippen molar-refractivity contribution in [3.05, 3.63) is 28.2 Å². The van der Waals surface area contributed by atoms with E-state index in [1.54, 1.807) is 7.11 Å². The van der Waals surface area contributed by atoms with E-state index >= 15 is 0 Å². The van der Waals surface area contributed by atoms with Gasteiger partial charge in [-0.15, -0.1) is 0 Å². The first-order valence-electron chi connectivity index (χ1n) is 6.22. The van der Waals surface area contributed by atoms with Crippen molar-refractivity contribution < 1.29 is 4.74 Å². The maximum Gasteiger partial charge on any atom is 0.101 e. The highest BCUT2D eigenvalue weighted by Crippen LogP contribution is 2.26. The lowest BCUT2D eigenvalue weighted by molar-refractivity contribution is 0.0669. The van der Waals surface area contributed by atoms with Crippen molar-refractivity contribution in [3.8, 4) is 6.07 Å². The highest BCUT2D eigenvalue weighted by Gasteiger charge is 2.22. The number of hydrogen-bond donors (Lipinski definition) is 1. The lowest BCUT2D eigenvalue weighted by atomic mass is 9.92. The Kier molecular flexibility index (Phi) is 4.62. The molecule has 2 atom stereocenters. The third-order valence-corrected chi connectivity index (χ3v) is 3.91. The van der Waals surface area contributed by atoms with Gasteiger partial charge < -0.3 is 10.1 Å². The van der Waals surface area contributed by atoms with Gasteiger partial charge in [-0.1, -0.05) is 15.9 Å². The molecule has 0 saturated heterocycles. The lowest BCUT2D eigenvalue weighted by Gasteiger charge is -2.29. The van der Waals surface area contributed by atoms with E-state index in [0.717, 1.165) is 29.4 Å². The summed E-state index contributed by atoms with van der Waals surface area (Å²) in [4.78, 5) is 0. The van der Waals surface area contributed by atoms with E-state index in [1.165, 1.54) is 6.42 Å². The number of benzene rings is 1. The van der Waals surface area contributed by atoms with Crippen molar-refractivity contribution in [2.45, 2.75) is 37.8 Å². The molecule has 0 amide bonds. The average Bonchev–Trinajstić information content (AvgIpc) is 2.41. The standard InChI is InChI=1S/C14H17BrN2O/c1-18-13-4-2-3-12(8-13)17-14-6-5-11(15)7-10(14)9-16/h5-7,12-13,17H,2-4,8H2,1H3. The molecule has 2 rings (SSSR count). The summed E-state index contributed by atoms with van der Waals surface area (Å²) in [5.74, 6) is 0. The van der Waals surface area contributed by atoms with Gasteiger partial charge in [0.1, 0.15) is 6.07 Å². The number of rotatable bonds is 3. The number of nitrogens with one attached hydrogen (secondary N) is 1. The molecule has 1 saturated carbocycles. The molecule has 0 heterocycles. The molecule has 4 heteroatoms. The van der Waals surface area contributed by atoms with Gasteiger partial charge in [-0.25, -0.2) is 0 Å². The van der Waals surface area contributed by atoms with Gasteiger partial charge in [0.05, 0.1) is 17.4 Å². The molecule has 0 spiro atoms. The minimum absolute atomic E-state index is 0.345. The van der Waals surface area contributed by atoms with E-state index in [-0.39, 0.29) is 0 Å². The van der Waals surface area contributed by atoms with Gasteiger partial charge in [0.15, 0.2) is 0 Å². The third-order valence-electron chi connectivity index (χ3n) is 3.42. The molecular formula is C14H17BrN2O. The number of hydrogen-bond acceptors (Lipinski definition) is 3. The van der Waals surface area contributed by atoms with Gasteiger partial charge in [-0.3, -0.25) is 0 Å². The fourth-order valence-corrected chi connectivity index (χ4v) is 2.81. The zero-order valence-corrected chi connectivity index (χ0v) is 12.0. The minimum Gasteiger partial charge on any atom is -0.381 e. The highest BCUT2D eigenvalue weighted by atomic mass is 79.9. The van der Waals surface area contributed by atoms with E-state index in [2.05, 4.69) is 27.3 Å². The first-order chi connectivity index (χ1) is 8.72. The molecule has 0 aromatic heterocycles. The summed E-state index contributed by atoms with van der Waals surface area (Å²) in [6.07, 6.45) is 4.81. The Morgan fingerprint density at radius 2 is 2.28 bits per heavy atom. The van der Waals surface area contributed by atoms with Crippen LogP contribution >= 0.6 is 15.9 Å². The van der Waals surface area contributed by atoms with Gasteiger partial charge in [-0.05, 0) is 43.9 Å². The second-order valence-electron chi connectivity index (χ2n) is 4.67. The molecule has 18 heavy (non-hydrogen) atoms. The highest BCUT2D eigenvalue weighted by molar-refractivity contribution is 9.10. The second-order valence-corrected chi connectivity index (χ2v) is 5.58. The summed E-state index contributed by atoms with van der Waals surface area (Å²) < 4.78 is 6.36. The van der Waals surface area contributed by atoms with E-state index in [4.69, 9.17) is 10.00 Å². The lowest BCUT2D eigenvalue weighted by Crippen LogP contribution is -2.31. The fourth-order valence-electron chi connectivity index (χ4n) is 2.44. The van der Waals surface area contributed by atoms with Crippen LogP contribution in [0.5, 0.6) is 0 Å². The number of anilines is 1. The smallest absolute Gasteiger partial charge is 0.101 e. The van der Waals surface area contributed by atoms with Crippen LogP contribution in [0, 0.1) is 11.3 Å². The van der Waals surface area contributed by atoms with Crippen molar-refractivity contribution in [2.75, 3.05) is 12.4 Å². The van der Waals surface area contributed by atoms with Crippen LogP contribution in [0.3, 0.4) is 0 Å². The van der Waals surface area contributed by atoms with Gasteiger partial charge in [0.25, 0.3) is 0 Å². The van der Waals surface area contributed by atoms with Crippen LogP contribution in [0.15, 0.2) is 22.7 Å². The van der Waals surface area contributed by atoms with E-state index in [0.29, 0.717) is 17.7 Å². The van der Waals surface area contributed by atoms with Crippen molar-refractivity contribution in [3.63, 3.8) is 0 Å². The van der Waals surface area contributed by atoms with Crippen LogP contribution in [-0.2, 0) is 4.74 Å². The minimum atomic E-state index is 0.345. The molecule has 1 aliphatic carbocycles. The van der Waals surface area contributed by atoms with Gasteiger partial charge in [0.2, 0.25) is 0 Å². The molecule has 1 fully saturated rings. The predicted molar refractivity (Wildman–Crippen MR) is 75.5 cm³/mol. The zero-order chi connectivity index (χ0) is 13.0. The largest absolute Gasteiger partial charge is 0.381 e. The van der Waals surface area contributed by atoms with Crippen molar-refractivity contribution in [2.24, 2.45) is 0 Å². The number of halogens is 1. The first kappa shape index (κ1) is 13.4. The van der Waals surface area contributed by atoms with Crippen molar-refractivity contribution in [1.82, 2.24) is 0 Å². The SMILES string of the molecule is COC1CCCC(Nc2ccc(Br)cc2C#N)C1. The van der Waals surface area contributed by atoms with Crippen molar-refractivity contribution in [1.29, 1.82) is 5.26 Å². The van der Waals surface area contributed by atoms with Crippen LogP contribution in [0.4, 0.5) is 5.69 Å². The molecule has 2 unspecified atom stereocenters. The van der Waals surface area contributed by atoms with E-state index in [9.17, 15) is 0 Å². The molecular weight excluding hydrogens is 292 g/mol. The normalized spacial score (nSPS) is 23.4. The second kappa shape index (κ2) is 6.21. The summed E-state index contributed by atoms with van der Waals surface area (Å²) in [6.45, 7) is 0. The Morgan fingerprint density at radius 3 is 3.00 bits per heavy atom. The molecule has 1 N–H and O–H groups in total. The zero-order valence-electron chi connectivity index (χ0n) is 10.4. The molecule has 1 aromatic rings. The Hall–Kier alpha value is -1.05. The molecule has 0 bridgehead atoms. The molecule has 96 valence electrons. The number of ether oxygens (including phenoxy) is 1. The molecule has 1 aromatic carbocycles. The number of methoxy groups -OCH3 is 1. The number of nitriles is 1. The summed E-state index contributed by atoms with van der Waals surface area (Å²) in [5, 5.41) is 12.6. The molecule has 0 radical (unpaired) electrons. The summed E-state index contributed by atoms with van der Waals surface area (Å²) in [5.41, 5.74) is 1.60. The van der Waals surface area contributed by atoms with Crippen LogP contribution in [-0.4, -0.2) is 19.3 Å². The first-order valence-corrected chi connectivity index (χ1v) is 7.01. The van der Waals surface area contributed by atoms with Crippen molar-refractivity contribution >= 4 is 21.6 Å². The van der Waals surface area contributed by atoms with Crippen LogP contribution in [0.2, 0.25) is 0 Å². The van der Waals surface area contributed by atoms with Crippen LogP contribution in [0.25, 0.3) is 0 Å². The summed E-state index contributed by atoms with van der Waals surface area (Å²) >= 11 is 3.38. The fraction of sp³-hybridized carbons (Fsp3) is 0.500. The summed E-state index contributed by atoms with van der Waals surface area (Å²) in [6, 6.07) is 8.39. The third kappa shape index (κ3) is 3.24. The van der Waals surface area contributed by atoms with E-state index in [1.807, 2.05) is 18.2 Å². The van der Waals surface area contributed by atoms with Gasteiger partial charge >= 0.3 is 0 Å². The molecule has 3 nitrogen and oxygen atoms in total. The quantitative estimate of drug-likeness (QED) is 0.926. The number of nitrogens with zero attached hydrogens (tertiary/aromatic N) is 1. The van der Waals surface area contributed by atoms with Crippen LogP contribution < -0.4 is 5.32 Å². The Bertz CT molecular complexity index is 456. The Balaban J connectivity index is 2.07. The van der Waals surface area contributed by atoms with Gasteiger partial charge in [0, 0.05) is 17.6 Å². The predicted octanol–water partition coefficient (Wildman–Crippen LogP) is 3.69. The molecule has 0 aliphatic heterocycles. The monoisotopic (exact) mass is 308 g/mol. The average molecular weight is 309 g/mol. The van der Waals surface area contributed by atoms with E-state index < -0.39 is 0 Å². The Labute approximate surface area is 116 Å². The van der Waals surface area contributed by atoms with Crippen LogP contribution in [0.1, 0.15) is 31.2 Å². The maximum atomic E-state index is 9.13.